The molecule has 0 saturated carbocycles. The first kappa shape index (κ1) is 18.6. The minimum absolute atomic E-state index is 0.179. The van der Waals surface area contributed by atoms with Crippen molar-refractivity contribution < 1.29 is 5.11 Å². The Bertz CT molecular complexity index is 751. The van der Waals surface area contributed by atoms with Crippen LogP contribution in [-0.2, 0) is 6.42 Å². The van der Waals surface area contributed by atoms with Crippen LogP contribution in [0.25, 0.3) is 0 Å². The van der Waals surface area contributed by atoms with E-state index in [9.17, 15) is 5.11 Å². The van der Waals surface area contributed by atoms with Gasteiger partial charge in [0, 0.05) is 37.0 Å². The zero-order valence-corrected chi connectivity index (χ0v) is 16.9. The van der Waals surface area contributed by atoms with Crippen molar-refractivity contribution in [2.24, 2.45) is 0 Å². The number of piperidine rings is 2. The van der Waals surface area contributed by atoms with Gasteiger partial charge in [-0.25, -0.2) is 15.0 Å². The maximum absolute atomic E-state index is 9.72. The summed E-state index contributed by atoms with van der Waals surface area (Å²) >= 11 is 1.80. The lowest BCUT2D eigenvalue weighted by molar-refractivity contribution is 0.239. The molecular formula is C20H29N5OS. The van der Waals surface area contributed by atoms with Crippen molar-refractivity contribution in [1.82, 2.24) is 15.0 Å². The zero-order valence-electron chi connectivity index (χ0n) is 16.0. The third-order valence-corrected chi connectivity index (χ3v) is 6.85. The van der Waals surface area contributed by atoms with E-state index in [0.717, 1.165) is 57.0 Å². The summed E-state index contributed by atoms with van der Waals surface area (Å²) < 4.78 is 0. The Kier molecular flexibility index (Phi) is 5.88. The van der Waals surface area contributed by atoms with Gasteiger partial charge in [0.05, 0.1) is 23.4 Å². The number of hydrogen-bond donors (Lipinski definition) is 1. The Morgan fingerprint density at radius 3 is 2.85 bits per heavy atom. The number of aryl methyl sites for hydroxylation is 1. The van der Waals surface area contributed by atoms with E-state index in [2.05, 4.69) is 38.1 Å². The number of anilines is 2. The Hall–Kier alpha value is -1.73. The van der Waals surface area contributed by atoms with Gasteiger partial charge < -0.3 is 14.9 Å². The van der Waals surface area contributed by atoms with Gasteiger partial charge in [0.15, 0.2) is 0 Å². The molecule has 4 heterocycles. The second-order valence-corrected chi connectivity index (χ2v) is 8.47. The minimum Gasteiger partial charge on any atom is -0.394 e. The molecule has 0 aliphatic carbocycles. The number of thiazole rings is 1. The molecule has 4 rings (SSSR count). The van der Waals surface area contributed by atoms with Gasteiger partial charge in [-0.3, -0.25) is 0 Å². The average Bonchev–Trinajstić information content (AvgIpc) is 3.23. The van der Waals surface area contributed by atoms with Gasteiger partial charge >= 0.3 is 0 Å². The number of nitrogens with zero attached hydrogens (tertiary/aromatic N) is 5. The number of hydrogen-bond acceptors (Lipinski definition) is 7. The topological polar surface area (TPSA) is 65.4 Å². The van der Waals surface area contributed by atoms with Crippen molar-refractivity contribution in [3.63, 3.8) is 0 Å². The van der Waals surface area contributed by atoms with E-state index in [1.165, 1.54) is 23.5 Å². The van der Waals surface area contributed by atoms with Gasteiger partial charge in [-0.2, -0.15) is 0 Å². The fourth-order valence-corrected chi connectivity index (χ4v) is 5.25. The molecule has 2 aromatic rings. The van der Waals surface area contributed by atoms with Gasteiger partial charge in [-0.15, -0.1) is 11.3 Å². The quantitative estimate of drug-likeness (QED) is 0.850. The highest BCUT2D eigenvalue weighted by molar-refractivity contribution is 7.09. The smallest absolute Gasteiger partial charge is 0.134 e. The molecule has 7 heteroatoms. The number of rotatable bonds is 5. The van der Waals surface area contributed by atoms with Crippen molar-refractivity contribution in [3.8, 4) is 0 Å². The van der Waals surface area contributed by atoms with E-state index >= 15 is 0 Å². The van der Waals surface area contributed by atoms with Crippen LogP contribution >= 0.6 is 11.3 Å². The van der Waals surface area contributed by atoms with Crippen LogP contribution in [0.3, 0.4) is 0 Å². The minimum atomic E-state index is 0.179. The van der Waals surface area contributed by atoms with Crippen LogP contribution in [0.15, 0.2) is 17.8 Å². The predicted octanol–water partition coefficient (Wildman–Crippen LogP) is 3.23. The molecule has 146 valence electrons. The molecule has 0 spiro atoms. The van der Waals surface area contributed by atoms with Crippen LogP contribution in [-0.4, -0.2) is 52.3 Å². The first-order valence-electron chi connectivity index (χ1n) is 10.2. The second-order valence-electron chi connectivity index (χ2n) is 7.58. The molecule has 0 bridgehead atoms. The van der Waals surface area contributed by atoms with Crippen LogP contribution < -0.4 is 9.80 Å². The lowest BCUT2D eigenvalue weighted by Gasteiger charge is -2.37. The number of aliphatic hydroxyl groups is 1. The largest absolute Gasteiger partial charge is 0.394 e. The van der Waals surface area contributed by atoms with Gasteiger partial charge in [-0.05, 0) is 38.5 Å². The summed E-state index contributed by atoms with van der Waals surface area (Å²) in [4.78, 5) is 18.5. The Labute approximate surface area is 165 Å². The molecule has 1 N–H and O–H groups in total. The summed E-state index contributed by atoms with van der Waals surface area (Å²) in [5.74, 6) is 2.44. The Balaban J connectivity index is 1.51. The molecule has 2 aliphatic rings. The molecule has 2 unspecified atom stereocenters. The third kappa shape index (κ3) is 4.09. The molecule has 6 nitrogen and oxygen atoms in total. The summed E-state index contributed by atoms with van der Waals surface area (Å²) in [6, 6.07) is 2.29. The maximum Gasteiger partial charge on any atom is 0.134 e. The molecule has 0 amide bonds. The lowest BCUT2D eigenvalue weighted by atomic mass is 9.98. The molecule has 2 saturated heterocycles. The van der Waals surface area contributed by atoms with Crippen molar-refractivity contribution in [3.05, 3.63) is 28.5 Å². The maximum atomic E-state index is 9.72. The van der Waals surface area contributed by atoms with Gasteiger partial charge in [0.2, 0.25) is 0 Å². The molecule has 0 aromatic carbocycles. The normalized spacial score (nSPS) is 23.6. The van der Waals surface area contributed by atoms with E-state index in [-0.39, 0.29) is 12.6 Å². The first-order valence-corrected chi connectivity index (χ1v) is 11.0. The first-order chi connectivity index (χ1) is 13.3. The molecule has 27 heavy (non-hydrogen) atoms. The van der Waals surface area contributed by atoms with E-state index in [1.807, 2.05) is 0 Å². The summed E-state index contributed by atoms with van der Waals surface area (Å²) in [7, 11) is 0. The second kappa shape index (κ2) is 8.52. The summed E-state index contributed by atoms with van der Waals surface area (Å²) in [6.45, 7) is 5.31. The predicted molar refractivity (Wildman–Crippen MR) is 110 cm³/mol. The van der Waals surface area contributed by atoms with Gasteiger partial charge in [-0.1, -0.05) is 6.92 Å². The average molecular weight is 388 g/mol. The fourth-order valence-electron chi connectivity index (χ4n) is 4.22. The SMILES string of the molecule is CCc1csc(C2CCCN(c3cc(N4CCCCC4CO)ncn3)C2)n1. The van der Waals surface area contributed by atoms with E-state index < -0.39 is 0 Å². The van der Waals surface area contributed by atoms with Gasteiger partial charge in [0.25, 0.3) is 0 Å². The van der Waals surface area contributed by atoms with Crippen molar-refractivity contribution >= 4 is 23.0 Å². The highest BCUT2D eigenvalue weighted by atomic mass is 32.1. The van der Waals surface area contributed by atoms with Crippen LogP contribution in [0, 0.1) is 0 Å². The Morgan fingerprint density at radius 1 is 1.15 bits per heavy atom. The summed E-state index contributed by atoms with van der Waals surface area (Å²) in [5, 5.41) is 13.2. The third-order valence-electron chi connectivity index (χ3n) is 5.80. The molecule has 2 aromatic heterocycles. The fraction of sp³-hybridized carbons (Fsp3) is 0.650. The van der Waals surface area contributed by atoms with Crippen molar-refractivity contribution in [1.29, 1.82) is 0 Å². The molecule has 0 radical (unpaired) electrons. The van der Waals surface area contributed by atoms with Crippen molar-refractivity contribution in [2.45, 2.75) is 57.4 Å². The monoisotopic (exact) mass is 387 g/mol. The molecule has 2 atom stereocenters. The lowest BCUT2D eigenvalue weighted by Crippen LogP contribution is -2.42. The summed E-state index contributed by atoms with van der Waals surface area (Å²) in [6.07, 6.45) is 8.41. The van der Waals surface area contributed by atoms with Crippen LogP contribution in [0.4, 0.5) is 11.6 Å². The molecule has 2 fully saturated rings. The highest BCUT2D eigenvalue weighted by Crippen LogP contribution is 2.32. The van der Waals surface area contributed by atoms with Gasteiger partial charge in [0.1, 0.15) is 18.0 Å². The molecule has 2 aliphatic heterocycles. The van der Waals surface area contributed by atoms with E-state index in [0.29, 0.717) is 5.92 Å². The molecular weight excluding hydrogens is 358 g/mol. The Morgan fingerprint density at radius 2 is 2.04 bits per heavy atom. The van der Waals surface area contributed by atoms with E-state index in [1.54, 1.807) is 17.7 Å². The van der Waals surface area contributed by atoms with Crippen LogP contribution in [0.1, 0.15) is 55.6 Å². The number of aromatic nitrogens is 3. The van der Waals surface area contributed by atoms with E-state index in [4.69, 9.17) is 4.98 Å². The summed E-state index contributed by atoms with van der Waals surface area (Å²) in [5.41, 5.74) is 1.21. The highest BCUT2D eigenvalue weighted by Gasteiger charge is 2.27. The van der Waals surface area contributed by atoms with Crippen LogP contribution in [0.5, 0.6) is 0 Å². The zero-order chi connectivity index (χ0) is 18.6. The number of aliphatic hydroxyl groups excluding tert-OH is 1. The van der Waals surface area contributed by atoms with Crippen molar-refractivity contribution in [2.75, 3.05) is 36.0 Å². The van der Waals surface area contributed by atoms with Crippen LogP contribution in [0.2, 0.25) is 0 Å². The standard InChI is InChI=1S/C20H29N5OS/c1-2-16-13-27-20(23-16)15-6-5-8-24(11-15)18-10-19(22-14-21-18)25-9-4-3-7-17(25)12-26/h10,13-15,17,26H,2-9,11-12H2,1H3.